The molecule has 0 heterocycles. The number of non-ortho nitro benzene ring substituents is 1. The highest BCUT2D eigenvalue weighted by molar-refractivity contribution is 7.89. The molecule has 11 heteroatoms. The average molecular weight is 395 g/mol. The Bertz CT molecular complexity index is 701. The highest BCUT2D eigenvalue weighted by Crippen LogP contribution is 2.17. The molecule has 0 spiro atoms. The molecule has 0 fully saturated rings. The smallest absolute Gasteiger partial charge is 0.269 e. The van der Waals surface area contributed by atoms with Gasteiger partial charge in [-0.2, -0.15) is 0 Å². The zero-order chi connectivity index (χ0) is 18.5. The van der Waals surface area contributed by atoms with Gasteiger partial charge in [-0.1, -0.05) is 20.8 Å². The molecule has 142 valence electrons. The van der Waals surface area contributed by atoms with E-state index in [1.807, 2.05) is 20.8 Å². The number of halogens is 1. The van der Waals surface area contributed by atoms with Gasteiger partial charge in [0.15, 0.2) is 0 Å². The monoisotopic (exact) mass is 394 g/mol. The van der Waals surface area contributed by atoms with Gasteiger partial charge in [-0.25, -0.2) is 13.1 Å². The molecule has 0 aliphatic carbocycles. The van der Waals surface area contributed by atoms with Crippen LogP contribution in [0.15, 0.2) is 29.2 Å². The lowest BCUT2D eigenvalue weighted by atomic mass is 9.87. The zero-order valence-corrected chi connectivity index (χ0v) is 15.8. The summed E-state index contributed by atoms with van der Waals surface area (Å²) in [5.41, 5.74) is 5.19. The maximum Gasteiger partial charge on any atom is 0.269 e. The molecule has 1 aromatic rings. The minimum Gasteiger partial charge on any atom is -0.353 e. The second-order valence-corrected chi connectivity index (χ2v) is 8.05. The topological polar surface area (TPSA) is 144 Å². The Labute approximate surface area is 153 Å². The van der Waals surface area contributed by atoms with Crippen molar-refractivity contribution in [2.75, 3.05) is 13.1 Å². The highest BCUT2D eigenvalue weighted by atomic mass is 35.5. The fraction of sp³-hybridized carbons (Fsp3) is 0.500. The van der Waals surface area contributed by atoms with E-state index in [9.17, 15) is 23.3 Å². The van der Waals surface area contributed by atoms with E-state index < -0.39 is 26.4 Å². The van der Waals surface area contributed by atoms with E-state index in [0.29, 0.717) is 0 Å². The third-order valence-corrected chi connectivity index (χ3v) is 4.77. The molecular formula is C14H23ClN4O5S. The van der Waals surface area contributed by atoms with Crippen molar-refractivity contribution in [2.24, 2.45) is 11.1 Å². The number of rotatable bonds is 7. The number of nitrogens with one attached hydrogen (secondary N) is 2. The molecule has 0 saturated heterocycles. The predicted molar refractivity (Wildman–Crippen MR) is 96.0 cm³/mol. The van der Waals surface area contributed by atoms with Gasteiger partial charge in [-0.05, 0) is 17.5 Å². The van der Waals surface area contributed by atoms with E-state index in [0.717, 1.165) is 24.3 Å². The number of sulfonamides is 1. The molecule has 0 unspecified atom stereocenters. The molecule has 0 aromatic heterocycles. The fourth-order valence-corrected chi connectivity index (χ4v) is 2.74. The third-order valence-electron chi connectivity index (χ3n) is 3.29. The van der Waals surface area contributed by atoms with Gasteiger partial charge in [0, 0.05) is 25.2 Å². The van der Waals surface area contributed by atoms with E-state index in [1.54, 1.807) is 0 Å². The van der Waals surface area contributed by atoms with Crippen molar-refractivity contribution < 1.29 is 18.1 Å². The average Bonchev–Trinajstić information content (AvgIpc) is 2.49. The summed E-state index contributed by atoms with van der Waals surface area (Å²) in [5.74, 6) is -0.364. The Hall–Kier alpha value is -1.75. The summed E-state index contributed by atoms with van der Waals surface area (Å²) in [4.78, 5) is 21.7. The van der Waals surface area contributed by atoms with Crippen LogP contribution in [-0.4, -0.2) is 38.4 Å². The first-order valence-electron chi connectivity index (χ1n) is 7.22. The van der Waals surface area contributed by atoms with Crippen molar-refractivity contribution in [3.63, 3.8) is 0 Å². The van der Waals surface area contributed by atoms with Gasteiger partial charge < -0.3 is 11.1 Å². The Kier molecular flexibility index (Phi) is 8.45. The molecule has 0 bridgehead atoms. The quantitative estimate of drug-likeness (QED) is 0.354. The molecule has 0 aliphatic heterocycles. The zero-order valence-electron chi connectivity index (χ0n) is 14.2. The summed E-state index contributed by atoms with van der Waals surface area (Å²) in [5, 5.41) is 13.1. The Morgan fingerprint density at radius 3 is 2.20 bits per heavy atom. The van der Waals surface area contributed by atoms with E-state index >= 15 is 0 Å². The minimum absolute atomic E-state index is 0. The summed E-state index contributed by atoms with van der Waals surface area (Å²) < 4.78 is 26.4. The molecule has 0 aliphatic rings. The van der Waals surface area contributed by atoms with Crippen molar-refractivity contribution in [1.82, 2.24) is 10.0 Å². The predicted octanol–water partition coefficient (Wildman–Crippen LogP) is 0.785. The van der Waals surface area contributed by atoms with Gasteiger partial charge in [0.1, 0.15) is 0 Å². The molecular weight excluding hydrogens is 372 g/mol. The van der Waals surface area contributed by atoms with Crippen LogP contribution in [-0.2, 0) is 14.8 Å². The number of nitrogens with zero attached hydrogens (tertiary/aromatic N) is 1. The normalized spacial score (nSPS) is 12.8. The van der Waals surface area contributed by atoms with Crippen LogP contribution in [0.2, 0.25) is 0 Å². The van der Waals surface area contributed by atoms with Crippen LogP contribution < -0.4 is 15.8 Å². The highest BCUT2D eigenvalue weighted by Gasteiger charge is 2.27. The molecule has 0 radical (unpaired) electrons. The number of nitro groups is 1. The second kappa shape index (κ2) is 9.09. The third kappa shape index (κ3) is 6.94. The van der Waals surface area contributed by atoms with Crippen LogP contribution in [0, 0.1) is 15.5 Å². The van der Waals surface area contributed by atoms with Gasteiger partial charge in [-0.3, -0.25) is 14.9 Å². The fourth-order valence-electron chi connectivity index (χ4n) is 1.70. The summed E-state index contributed by atoms with van der Waals surface area (Å²) in [6, 6.07) is 3.81. The SMILES string of the molecule is CC(C)(C)[C@H](N)C(=O)NCCNS(=O)(=O)c1ccc([N+](=O)[O-])cc1.Cl. The van der Waals surface area contributed by atoms with E-state index in [1.165, 1.54) is 0 Å². The van der Waals surface area contributed by atoms with Gasteiger partial charge in [0.05, 0.1) is 15.9 Å². The van der Waals surface area contributed by atoms with Crippen molar-refractivity contribution in [2.45, 2.75) is 31.7 Å². The number of nitrogens with two attached hydrogens (primary N) is 1. The van der Waals surface area contributed by atoms with E-state index in [4.69, 9.17) is 5.73 Å². The molecule has 1 amide bonds. The number of hydrogen-bond acceptors (Lipinski definition) is 6. The van der Waals surface area contributed by atoms with Gasteiger partial charge in [0.25, 0.3) is 5.69 Å². The number of benzene rings is 1. The molecule has 1 aromatic carbocycles. The molecule has 1 atom stereocenters. The van der Waals surface area contributed by atoms with Gasteiger partial charge in [-0.15, -0.1) is 12.4 Å². The van der Waals surface area contributed by atoms with Crippen molar-refractivity contribution in [3.05, 3.63) is 34.4 Å². The van der Waals surface area contributed by atoms with Crippen molar-refractivity contribution >= 4 is 34.0 Å². The number of carbonyl (C=O) groups excluding carboxylic acids is 1. The van der Waals surface area contributed by atoms with Crippen LogP contribution in [0.4, 0.5) is 5.69 Å². The van der Waals surface area contributed by atoms with Crippen LogP contribution in [0.5, 0.6) is 0 Å². The maximum absolute atomic E-state index is 12.0. The standard InChI is InChI=1S/C14H22N4O5S.ClH/c1-14(2,3)12(15)13(19)16-8-9-17-24(22,23)11-6-4-10(5-7-11)18(20)21;/h4-7,12,17H,8-9,15H2,1-3H3,(H,16,19);1H/t12-;/m1./s1. The number of amides is 1. The van der Waals surface area contributed by atoms with Crippen LogP contribution >= 0.6 is 12.4 Å². The molecule has 1 rings (SSSR count). The molecule has 9 nitrogen and oxygen atoms in total. The van der Waals surface area contributed by atoms with Crippen LogP contribution in [0.1, 0.15) is 20.8 Å². The van der Waals surface area contributed by atoms with Crippen molar-refractivity contribution in [1.29, 1.82) is 0 Å². The lowest BCUT2D eigenvalue weighted by Crippen LogP contribution is -2.49. The lowest BCUT2D eigenvalue weighted by Gasteiger charge is -2.25. The van der Waals surface area contributed by atoms with E-state index in [-0.39, 0.29) is 42.0 Å². The van der Waals surface area contributed by atoms with Gasteiger partial charge >= 0.3 is 0 Å². The summed E-state index contributed by atoms with van der Waals surface area (Å²) in [7, 11) is -3.80. The first-order valence-corrected chi connectivity index (χ1v) is 8.71. The number of hydrogen-bond donors (Lipinski definition) is 3. The van der Waals surface area contributed by atoms with Crippen LogP contribution in [0.25, 0.3) is 0 Å². The van der Waals surface area contributed by atoms with Gasteiger partial charge in [0.2, 0.25) is 15.9 Å². The molecule has 25 heavy (non-hydrogen) atoms. The minimum atomic E-state index is -3.80. The Morgan fingerprint density at radius 1 is 1.24 bits per heavy atom. The Morgan fingerprint density at radius 2 is 1.76 bits per heavy atom. The maximum atomic E-state index is 12.0. The number of nitro benzene ring substituents is 1. The first-order chi connectivity index (χ1) is 10.9. The summed E-state index contributed by atoms with van der Waals surface area (Å²) in [6.45, 7) is 5.54. The summed E-state index contributed by atoms with van der Waals surface area (Å²) >= 11 is 0. The van der Waals surface area contributed by atoms with Crippen LogP contribution in [0.3, 0.4) is 0 Å². The first kappa shape index (κ1) is 23.2. The van der Waals surface area contributed by atoms with E-state index in [2.05, 4.69) is 10.0 Å². The van der Waals surface area contributed by atoms with Crippen molar-refractivity contribution in [3.8, 4) is 0 Å². The largest absolute Gasteiger partial charge is 0.353 e. The Balaban J connectivity index is 0.00000576. The second-order valence-electron chi connectivity index (χ2n) is 6.28. The lowest BCUT2D eigenvalue weighted by molar-refractivity contribution is -0.384. The number of carbonyl (C=O) groups is 1. The molecule has 0 saturated carbocycles. The molecule has 4 N–H and O–H groups in total. The summed E-state index contributed by atoms with van der Waals surface area (Å²) in [6.07, 6.45) is 0.